The van der Waals surface area contributed by atoms with E-state index in [1.54, 1.807) is 0 Å². The minimum absolute atomic E-state index is 0.556. The average molecular weight is 1060 g/mol. The average Bonchev–Trinajstić information content (AvgIpc) is 1.60. The lowest BCUT2D eigenvalue weighted by Gasteiger charge is -2.23. The van der Waals surface area contributed by atoms with Crippen LogP contribution in [0.15, 0.2) is 231 Å². The van der Waals surface area contributed by atoms with Gasteiger partial charge in [0.25, 0.3) is 0 Å². The van der Waals surface area contributed by atoms with Gasteiger partial charge in [-0.2, -0.15) is 0 Å². The standard InChI is InChI=1S/C41H29N5O.C29H21N5O/c1-26-38(30-19-17-29(18-20-30)28-10-4-3-5-11-28)27(2)46-41-39-34(13-8-15-36(39)47-37-16-9-14-35(40(37)41)45(26)46)43-24-31(25-44(41)43)33-22-21-32-12-6-7-23-42(32)33;1-18-26(21-14-13-20-8-3-4-15-30(20)21)19(2)34-29-27-22(31-16-7-17-32(29)31)9-5-11-24(27)35-25-12-6-10-23(28(25)29)33(18)34/h3-25H,1-2H3;3-17H,1-2H3/q2*+2. The van der Waals surface area contributed by atoms with Crippen LogP contribution in [0.25, 0.3) is 78.6 Å². The molecule has 0 amide bonds. The molecule has 0 bridgehead atoms. The molecule has 0 aliphatic carbocycles. The zero-order chi connectivity index (χ0) is 54.1. The van der Waals surface area contributed by atoms with Gasteiger partial charge in [0, 0.05) is 43.3 Å². The van der Waals surface area contributed by atoms with Crippen LogP contribution in [0, 0.1) is 27.7 Å². The van der Waals surface area contributed by atoms with Crippen molar-refractivity contribution in [2.24, 2.45) is 0 Å². The van der Waals surface area contributed by atoms with Gasteiger partial charge >= 0.3 is 11.3 Å². The van der Waals surface area contributed by atoms with E-state index in [0.717, 1.165) is 57.0 Å². The zero-order valence-corrected chi connectivity index (χ0v) is 45.2. The van der Waals surface area contributed by atoms with E-state index in [9.17, 15) is 0 Å². The van der Waals surface area contributed by atoms with Gasteiger partial charge in [0.2, 0.25) is 23.8 Å². The highest BCUT2D eigenvalue weighted by Gasteiger charge is 2.76. The maximum atomic E-state index is 6.71. The first-order chi connectivity index (χ1) is 40.3. The van der Waals surface area contributed by atoms with Crippen molar-refractivity contribution in [2.45, 2.75) is 39.0 Å². The molecule has 388 valence electrons. The summed E-state index contributed by atoms with van der Waals surface area (Å²) in [4.78, 5) is 0. The van der Waals surface area contributed by atoms with Crippen LogP contribution >= 0.6 is 0 Å². The summed E-state index contributed by atoms with van der Waals surface area (Å²) in [5.41, 5.74) is 25.0. The first-order valence-electron chi connectivity index (χ1n) is 28.1. The van der Waals surface area contributed by atoms with Crippen LogP contribution in [0.5, 0.6) is 23.0 Å². The molecule has 82 heavy (non-hydrogen) atoms. The number of pyridine rings is 2. The molecule has 8 aromatic heterocycles. The normalized spacial score (nSPS) is 16.8. The molecule has 2 unspecified atom stereocenters. The Morgan fingerprint density at radius 3 is 1.48 bits per heavy atom. The summed E-state index contributed by atoms with van der Waals surface area (Å²) in [6.45, 7) is 9.02. The Morgan fingerprint density at radius 2 is 0.854 bits per heavy atom. The fraction of sp³-hybridized carbons (Fsp3) is 0.0857. The number of hydrogen-bond acceptors (Lipinski definition) is 2. The van der Waals surface area contributed by atoms with Crippen molar-refractivity contribution in [2.75, 3.05) is 0 Å². The predicted molar refractivity (Wildman–Crippen MR) is 310 cm³/mol. The van der Waals surface area contributed by atoms with Gasteiger partial charge in [-0.1, -0.05) is 91.0 Å². The van der Waals surface area contributed by atoms with Gasteiger partial charge in [-0.05, 0) is 146 Å². The van der Waals surface area contributed by atoms with Crippen LogP contribution in [0.4, 0.5) is 0 Å². The summed E-state index contributed by atoms with van der Waals surface area (Å²) in [7, 11) is 0. The molecular formula is C70H50N10O2+4. The molecule has 0 fully saturated rings. The van der Waals surface area contributed by atoms with E-state index in [2.05, 4.69) is 305 Å². The van der Waals surface area contributed by atoms with Gasteiger partial charge in [-0.3, -0.25) is 0 Å². The Balaban J connectivity index is 0.000000127. The van der Waals surface area contributed by atoms with Crippen LogP contribution in [0.2, 0.25) is 0 Å². The molecule has 12 nitrogen and oxygen atoms in total. The molecule has 14 aromatic rings. The monoisotopic (exact) mass is 1060 g/mol. The molecule has 12 heteroatoms. The SMILES string of the molecule is Cc1c(-c2ccc(-c3ccccc3)cc2)c(C)[n+]2n1-c1cccc3c1C21c2c(cccc2-n2cc(-c4ccc5ccccn45)c[n+]21)O3.Cc1c(-c2ccc3ccccn23)c(C)[n+]2n1-c1cccc3c1C21c2c(cccc2-n2ccc[n+]21)O3. The third kappa shape index (κ3) is 5.03. The molecule has 0 saturated heterocycles. The Kier molecular flexibility index (Phi) is 8.15. The molecule has 2 spiro atoms. The van der Waals surface area contributed by atoms with Gasteiger partial charge in [-0.15, -0.1) is 18.7 Å². The lowest BCUT2D eigenvalue weighted by molar-refractivity contribution is -1.02. The van der Waals surface area contributed by atoms with Crippen LogP contribution in [0.1, 0.15) is 45.0 Å². The van der Waals surface area contributed by atoms with Gasteiger partial charge in [0.05, 0.1) is 51.9 Å². The quantitative estimate of drug-likeness (QED) is 0.165. The van der Waals surface area contributed by atoms with Crippen molar-refractivity contribution in [3.8, 4) is 90.5 Å². The number of rotatable bonds is 4. The largest absolute Gasteiger partial charge is 0.469 e. The van der Waals surface area contributed by atoms with Gasteiger partial charge in [0.1, 0.15) is 45.7 Å². The Bertz CT molecular complexity index is 5180. The summed E-state index contributed by atoms with van der Waals surface area (Å²) >= 11 is 0. The third-order valence-corrected chi connectivity index (χ3v) is 18.6. The minimum Gasteiger partial charge on any atom is -0.455 e. The van der Waals surface area contributed by atoms with E-state index < -0.39 is 11.3 Å². The van der Waals surface area contributed by atoms with Crippen LogP contribution < -0.4 is 28.2 Å². The van der Waals surface area contributed by atoms with E-state index in [1.807, 2.05) is 0 Å². The predicted octanol–water partition coefficient (Wildman–Crippen LogP) is 12.2. The molecule has 14 heterocycles. The second kappa shape index (κ2) is 15.1. The number of hydrogen-bond donors (Lipinski definition) is 0. The van der Waals surface area contributed by atoms with Gasteiger partial charge < -0.3 is 18.3 Å². The van der Waals surface area contributed by atoms with Crippen molar-refractivity contribution >= 4 is 11.0 Å². The summed E-state index contributed by atoms with van der Waals surface area (Å²) in [5.74, 6) is 3.62. The fourth-order valence-corrected chi connectivity index (χ4v) is 15.6. The van der Waals surface area contributed by atoms with Crippen molar-refractivity contribution in [1.29, 1.82) is 0 Å². The molecular weight excluding hydrogens is 1010 g/mol. The van der Waals surface area contributed by atoms with Crippen molar-refractivity contribution in [3.05, 3.63) is 276 Å². The smallest absolute Gasteiger partial charge is 0.455 e. The summed E-state index contributed by atoms with van der Waals surface area (Å²) in [6, 6.07) is 69.0. The molecule has 20 rings (SSSR count). The lowest BCUT2D eigenvalue weighted by atomic mass is 9.86. The molecule has 0 N–H and O–H groups in total. The second-order valence-electron chi connectivity index (χ2n) is 22.4. The summed E-state index contributed by atoms with van der Waals surface area (Å²) in [6.07, 6.45) is 13.2. The maximum Gasteiger partial charge on any atom is 0.469 e. The van der Waals surface area contributed by atoms with Crippen LogP contribution in [0.3, 0.4) is 0 Å². The molecule has 6 aliphatic rings. The highest BCUT2D eigenvalue weighted by molar-refractivity contribution is 5.77. The van der Waals surface area contributed by atoms with E-state index in [1.165, 1.54) is 89.6 Å². The van der Waals surface area contributed by atoms with E-state index >= 15 is 0 Å². The molecule has 0 saturated carbocycles. The minimum atomic E-state index is -0.668. The van der Waals surface area contributed by atoms with Crippen molar-refractivity contribution < 1.29 is 28.2 Å². The van der Waals surface area contributed by atoms with Crippen LogP contribution in [-0.2, 0) is 11.3 Å². The zero-order valence-electron chi connectivity index (χ0n) is 45.2. The number of benzene rings is 6. The van der Waals surface area contributed by atoms with E-state index in [-0.39, 0.29) is 0 Å². The summed E-state index contributed by atoms with van der Waals surface area (Å²) in [5, 5.41) is 0. The van der Waals surface area contributed by atoms with Crippen molar-refractivity contribution in [1.82, 2.24) is 27.5 Å². The topological polar surface area (TPSA) is 62.5 Å². The molecule has 0 radical (unpaired) electrons. The van der Waals surface area contributed by atoms with Crippen LogP contribution in [-0.4, -0.2) is 27.5 Å². The molecule has 6 aliphatic heterocycles. The molecule has 2 atom stereocenters. The second-order valence-corrected chi connectivity index (χ2v) is 22.4. The fourth-order valence-electron chi connectivity index (χ4n) is 15.6. The highest BCUT2D eigenvalue weighted by atomic mass is 16.5. The number of ether oxygens (including phenoxy) is 2. The Hall–Kier alpha value is -10.7. The number of nitrogens with zero attached hydrogens (tertiary/aromatic N) is 10. The number of fused-ring (bicyclic) bond motifs is 10. The Labute approximate surface area is 470 Å². The first kappa shape index (κ1) is 44.2. The van der Waals surface area contributed by atoms with Crippen molar-refractivity contribution in [3.63, 3.8) is 0 Å². The maximum absolute atomic E-state index is 6.71. The lowest BCUT2D eigenvalue weighted by Crippen LogP contribution is -2.75. The van der Waals surface area contributed by atoms with E-state index in [4.69, 9.17) is 9.47 Å². The van der Waals surface area contributed by atoms with Gasteiger partial charge in [-0.25, -0.2) is 0 Å². The highest BCUT2D eigenvalue weighted by Crippen LogP contribution is 2.57. The Morgan fingerprint density at radius 1 is 0.366 bits per heavy atom. The number of aromatic nitrogens is 10. The third-order valence-electron chi connectivity index (χ3n) is 18.6. The summed E-state index contributed by atoms with van der Waals surface area (Å²) < 4.78 is 37.0. The van der Waals surface area contributed by atoms with Gasteiger partial charge in [0.15, 0.2) is 22.3 Å². The first-order valence-corrected chi connectivity index (χ1v) is 28.1. The molecule has 6 aromatic carbocycles. The van der Waals surface area contributed by atoms with E-state index in [0.29, 0.717) is 0 Å².